The van der Waals surface area contributed by atoms with E-state index in [1.165, 1.54) is 0 Å². The SMILES string of the molecule is CN=C(N)NCCC[C@@H](NC(=O)[C@@H](CCCCNC(=O)OC(C)(C)C)NC(=O)OCC1c2ccccc2-c2ccccc21)C(=O)N[C@@H](CC(C)C)C(=O)OCc1ccccc1. The lowest BCUT2D eigenvalue weighted by atomic mass is 9.98. The van der Waals surface area contributed by atoms with Gasteiger partial charge >= 0.3 is 18.2 Å². The minimum atomic E-state index is -1.12. The molecule has 4 amide bonds. The number of guanidine groups is 1. The first-order valence-electron chi connectivity index (χ1n) is 21.0. The average Bonchev–Trinajstić information content (AvgIpc) is 3.54. The number of unbranched alkanes of at least 4 members (excludes halogenated alkanes) is 1. The molecule has 0 aliphatic heterocycles. The number of carbonyl (C=O) groups excluding carboxylic acids is 5. The highest BCUT2D eigenvalue weighted by molar-refractivity contribution is 5.93. The second kappa shape index (κ2) is 23.6. The third-order valence-corrected chi connectivity index (χ3v) is 9.92. The van der Waals surface area contributed by atoms with Gasteiger partial charge in [0.1, 0.15) is 36.9 Å². The number of aliphatic imine (C=N–C) groups is 1. The molecule has 15 nitrogen and oxygen atoms in total. The number of rotatable bonds is 21. The van der Waals surface area contributed by atoms with Crippen LogP contribution >= 0.6 is 0 Å². The number of nitrogens with two attached hydrogens (primary N) is 1. The van der Waals surface area contributed by atoms with Crippen LogP contribution in [0.2, 0.25) is 0 Å². The van der Waals surface area contributed by atoms with Crippen LogP contribution in [0.15, 0.2) is 83.9 Å². The van der Waals surface area contributed by atoms with E-state index >= 15 is 0 Å². The van der Waals surface area contributed by atoms with Gasteiger partial charge in [-0.25, -0.2) is 14.4 Å². The second-order valence-electron chi connectivity index (χ2n) is 16.5. The number of hydrogen-bond acceptors (Lipinski definition) is 9. The van der Waals surface area contributed by atoms with E-state index in [0.29, 0.717) is 32.2 Å². The Bertz CT molecular complexity index is 1900. The predicted molar refractivity (Wildman–Crippen MR) is 234 cm³/mol. The van der Waals surface area contributed by atoms with Crippen molar-refractivity contribution in [3.05, 3.63) is 95.6 Å². The molecule has 0 aromatic heterocycles. The fourth-order valence-electron chi connectivity index (χ4n) is 6.96. The summed E-state index contributed by atoms with van der Waals surface area (Å²) in [6.45, 7) is 9.86. The van der Waals surface area contributed by atoms with Crippen molar-refractivity contribution in [3.8, 4) is 11.1 Å². The van der Waals surface area contributed by atoms with Crippen molar-refractivity contribution in [2.24, 2.45) is 16.6 Å². The summed E-state index contributed by atoms with van der Waals surface area (Å²) >= 11 is 0. The van der Waals surface area contributed by atoms with Crippen LogP contribution in [-0.2, 0) is 35.2 Å². The first-order valence-corrected chi connectivity index (χ1v) is 21.0. The first kappa shape index (κ1) is 47.6. The minimum Gasteiger partial charge on any atom is -0.459 e. The van der Waals surface area contributed by atoms with Crippen molar-refractivity contribution < 1.29 is 38.2 Å². The molecule has 4 rings (SSSR count). The number of nitrogens with one attached hydrogen (secondary N) is 5. The van der Waals surface area contributed by atoms with Crippen molar-refractivity contribution in [3.63, 3.8) is 0 Å². The minimum absolute atomic E-state index is 0.0266. The van der Waals surface area contributed by atoms with Crippen LogP contribution in [-0.4, -0.2) is 86.4 Å². The maximum absolute atomic E-state index is 14.2. The third kappa shape index (κ3) is 15.8. The molecule has 0 bridgehead atoms. The van der Waals surface area contributed by atoms with Gasteiger partial charge in [-0.1, -0.05) is 92.7 Å². The maximum Gasteiger partial charge on any atom is 0.407 e. The van der Waals surface area contributed by atoms with Gasteiger partial charge in [-0.15, -0.1) is 0 Å². The van der Waals surface area contributed by atoms with Crippen LogP contribution in [0.4, 0.5) is 9.59 Å². The zero-order valence-electron chi connectivity index (χ0n) is 36.3. The molecule has 0 unspecified atom stereocenters. The molecule has 15 heteroatoms. The number of nitrogens with zero attached hydrogens (tertiary/aromatic N) is 1. The normalized spacial score (nSPS) is 13.8. The van der Waals surface area contributed by atoms with Crippen molar-refractivity contribution in [1.82, 2.24) is 26.6 Å². The molecule has 7 N–H and O–H groups in total. The number of fused-ring (bicyclic) bond motifs is 3. The van der Waals surface area contributed by atoms with Gasteiger partial charge in [0.05, 0.1) is 0 Å². The molecule has 0 spiro atoms. The van der Waals surface area contributed by atoms with E-state index in [1.807, 2.05) is 92.7 Å². The Balaban J connectivity index is 1.48. The summed E-state index contributed by atoms with van der Waals surface area (Å²) in [6.07, 6.45) is 0.530. The molecule has 0 radical (unpaired) electrons. The standard InChI is InChI=1S/C46H63N7O8/c1-30(2)27-39(42(56)59-28-31-17-8-7-9-18-31)52-40(54)37(24-16-26-49-43(47)48-6)51-41(55)38(23-14-15-25-50-44(57)61-46(3,4)5)53-45(58)60-29-36-34-21-12-10-19-32(34)33-20-11-13-22-35(33)36/h7-13,17-22,30,36-39H,14-16,23-29H2,1-6H3,(H,50,57)(H,51,55)(H,52,54)(H,53,58)(H3,47,48,49)/t37-,38-,39+/m1/s1. The Labute approximate surface area is 359 Å². The van der Waals surface area contributed by atoms with Crippen LogP contribution in [0.5, 0.6) is 0 Å². The molecule has 3 aromatic rings. The summed E-state index contributed by atoms with van der Waals surface area (Å²) in [5.74, 6) is -1.76. The lowest BCUT2D eigenvalue weighted by Gasteiger charge is -2.26. The number of hydrogen-bond donors (Lipinski definition) is 6. The molecule has 3 atom stereocenters. The number of alkyl carbamates (subject to hydrolysis) is 2. The van der Waals surface area contributed by atoms with E-state index in [1.54, 1.807) is 27.8 Å². The van der Waals surface area contributed by atoms with Crippen LogP contribution in [0.3, 0.4) is 0 Å². The van der Waals surface area contributed by atoms with E-state index in [4.69, 9.17) is 19.9 Å². The summed E-state index contributed by atoms with van der Waals surface area (Å²) in [6, 6.07) is 22.0. The monoisotopic (exact) mass is 841 g/mol. The van der Waals surface area contributed by atoms with E-state index in [0.717, 1.165) is 27.8 Å². The zero-order valence-corrected chi connectivity index (χ0v) is 36.3. The Morgan fingerprint density at radius 3 is 1.85 bits per heavy atom. The van der Waals surface area contributed by atoms with Gasteiger partial charge < -0.3 is 46.5 Å². The van der Waals surface area contributed by atoms with Gasteiger partial charge in [-0.05, 0) is 93.0 Å². The number of benzene rings is 3. The van der Waals surface area contributed by atoms with Crippen molar-refractivity contribution >= 4 is 35.9 Å². The third-order valence-electron chi connectivity index (χ3n) is 9.92. The highest BCUT2D eigenvalue weighted by Crippen LogP contribution is 2.44. The Morgan fingerprint density at radius 2 is 1.25 bits per heavy atom. The van der Waals surface area contributed by atoms with Gasteiger partial charge in [-0.3, -0.25) is 14.6 Å². The van der Waals surface area contributed by atoms with Crippen molar-refractivity contribution in [2.45, 2.75) is 109 Å². The van der Waals surface area contributed by atoms with Crippen molar-refractivity contribution in [2.75, 3.05) is 26.7 Å². The summed E-state index contributed by atoms with van der Waals surface area (Å²) < 4.78 is 16.7. The fraction of sp³-hybridized carbons (Fsp3) is 0.478. The largest absolute Gasteiger partial charge is 0.459 e. The first-order chi connectivity index (χ1) is 29.1. The highest BCUT2D eigenvalue weighted by Gasteiger charge is 2.32. The summed E-state index contributed by atoms with van der Waals surface area (Å²) in [7, 11) is 1.54. The van der Waals surface area contributed by atoms with Gasteiger partial charge in [0.15, 0.2) is 5.96 Å². The topological polar surface area (TPSA) is 212 Å². The van der Waals surface area contributed by atoms with Gasteiger partial charge in [0.25, 0.3) is 0 Å². The highest BCUT2D eigenvalue weighted by atomic mass is 16.6. The van der Waals surface area contributed by atoms with Crippen LogP contribution in [0.25, 0.3) is 11.1 Å². The number of esters is 1. The van der Waals surface area contributed by atoms with Gasteiger partial charge in [0.2, 0.25) is 11.8 Å². The van der Waals surface area contributed by atoms with Gasteiger partial charge in [-0.2, -0.15) is 0 Å². The second-order valence-corrected chi connectivity index (χ2v) is 16.5. The van der Waals surface area contributed by atoms with Crippen LogP contribution < -0.4 is 32.3 Å². The van der Waals surface area contributed by atoms with E-state index in [-0.39, 0.29) is 50.4 Å². The van der Waals surface area contributed by atoms with E-state index in [2.05, 4.69) is 31.6 Å². The lowest BCUT2D eigenvalue weighted by Crippen LogP contribution is -2.56. The molecular weight excluding hydrogens is 779 g/mol. The zero-order chi connectivity index (χ0) is 44.4. The van der Waals surface area contributed by atoms with E-state index in [9.17, 15) is 24.0 Å². The molecule has 330 valence electrons. The molecule has 0 fully saturated rings. The smallest absolute Gasteiger partial charge is 0.407 e. The molecule has 61 heavy (non-hydrogen) atoms. The molecule has 3 aromatic carbocycles. The maximum atomic E-state index is 14.2. The van der Waals surface area contributed by atoms with Gasteiger partial charge in [0, 0.05) is 26.1 Å². The quantitative estimate of drug-likeness (QED) is 0.0255. The Morgan fingerprint density at radius 1 is 0.689 bits per heavy atom. The number of ether oxygens (including phenoxy) is 3. The average molecular weight is 842 g/mol. The molecule has 0 saturated carbocycles. The molecule has 0 saturated heterocycles. The van der Waals surface area contributed by atoms with Crippen LogP contribution in [0.1, 0.15) is 95.8 Å². The van der Waals surface area contributed by atoms with Crippen LogP contribution in [0, 0.1) is 5.92 Å². The van der Waals surface area contributed by atoms with Crippen molar-refractivity contribution in [1.29, 1.82) is 0 Å². The molecule has 1 aliphatic carbocycles. The Hall–Kier alpha value is -6.12. The Kier molecular flexibility index (Phi) is 18.4. The number of carbonyl (C=O) groups is 5. The lowest BCUT2D eigenvalue weighted by molar-refractivity contribution is -0.150. The summed E-state index contributed by atoms with van der Waals surface area (Å²) in [5.41, 5.74) is 10.2. The number of amides is 4. The summed E-state index contributed by atoms with van der Waals surface area (Å²) in [5, 5.41) is 14.1. The fourth-order valence-corrected chi connectivity index (χ4v) is 6.96. The molecule has 0 heterocycles. The molecular formula is C46H63N7O8. The molecule has 1 aliphatic rings. The van der Waals surface area contributed by atoms with E-state index < -0.39 is 53.7 Å². The summed E-state index contributed by atoms with van der Waals surface area (Å²) in [4.78, 5) is 71.2. The predicted octanol–water partition coefficient (Wildman–Crippen LogP) is 5.66.